The van der Waals surface area contributed by atoms with Crippen molar-refractivity contribution in [3.63, 3.8) is 0 Å². The van der Waals surface area contributed by atoms with Crippen LogP contribution >= 0.6 is 0 Å². The summed E-state index contributed by atoms with van der Waals surface area (Å²) in [6, 6.07) is 0. The van der Waals surface area contributed by atoms with Crippen LogP contribution in [0.3, 0.4) is 0 Å². The molecule has 0 saturated carbocycles. The molecule has 0 heterocycles. The van der Waals surface area contributed by atoms with Gasteiger partial charge in [0.2, 0.25) is 0 Å². The predicted octanol–water partition coefficient (Wildman–Crippen LogP) is 5.11. The van der Waals surface area contributed by atoms with E-state index in [9.17, 15) is 9.90 Å². The van der Waals surface area contributed by atoms with Crippen molar-refractivity contribution in [2.75, 3.05) is 6.61 Å². The Labute approximate surface area is 148 Å². The zero-order valence-electron chi connectivity index (χ0n) is 15.6. The average Bonchev–Trinajstić information content (AvgIpc) is 2.58. The molecule has 140 valence electrons. The maximum Gasteiger partial charge on any atom is 0.135 e. The van der Waals surface area contributed by atoms with Gasteiger partial charge in [-0.3, -0.25) is 4.79 Å². The van der Waals surface area contributed by atoms with E-state index in [1.807, 2.05) is 0 Å². The minimum atomic E-state index is -0.879. The van der Waals surface area contributed by atoms with Crippen LogP contribution in [0.2, 0.25) is 0 Å². The molecule has 0 radical (unpaired) electrons. The Morgan fingerprint density at radius 2 is 1.46 bits per heavy atom. The van der Waals surface area contributed by atoms with Crippen LogP contribution in [0.4, 0.5) is 0 Å². The lowest BCUT2D eigenvalue weighted by Gasteiger charge is -2.05. The molecule has 3 heteroatoms. The molecule has 0 aliphatic rings. The molecule has 24 heavy (non-hydrogen) atoms. The van der Waals surface area contributed by atoms with Gasteiger partial charge < -0.3 is 10.2 Å². The third-order valence-corrected chi connectivity index (χ3v) is 4.08. The smallest absolute Gasteiger partial charge is 0.135 e. The van der Waals surface area contributed by atoms with E-state index in [-0.39, 0.29) is 18.8 Å². The fourth-order valence-corrected chi connectivity index (χ4v) is 2.56. The third-order valence-electron chi connectivity index (χ3n) is 4.08. The van der Waals surface area contributed by atoms with Gasteiger partial charge in [0.05, 0.1) is 12.7 Å². The van der Waals surface area contributed by atoms with Gasteiger partial charge in [-0.15, -0.1) is 0 Å². The van der Waals surface area contributed by atoms with Gasteiger partial charge in [-0.05, 0) is 38.5 Å². The highest BCUT2D eigenvalue weighted by molar-refractivity contribution is 5.78. The number of ketones is 1. The van der Waals surface area contributed by atoms with Gasteiger partial charge in [0.25, 0.3) is 0 Å². The van der Waals surface area contributed by atoms with Crippen LogP contribution in [0, 0.1) is 0 Å². The van der Waals surface area contributed by atoms with E-state index in [1.165, 1.54) is 44.9 Å². The van der Waals surface area contributed by atoms with E-state index >= 15 is 0 Å². The molecule has 0 bridgehead atoms. The Balaban J connectivity index is 3.30. The number of carbonyl (C=O) groups excluding carboxylic acids is 1. The number of hydrogen-bond donors (Lipinski definition) is 2. The minimum Gasteiger partial charge on any atom is -0.394 e. The van der Waals surface area contributed by atoms with Crippen LogP contribution in [0.5, 0.6) is 0 Å². The molecule has 0 unspecified atom stereocenters. The SMILES string of the molecule is CCCCC/C=C\C/C=C\CCCCCCCC(=O)C[C@@H](O)CO. The summed E-state index contributed by atoms with van der Waals surface area (Å²) in [7, 11) is 0. The highest BCUT2D eigenvalue weighted by Gasteiger charge is 2.08. The van der Waals surface area contributed by atoms with Crippen molar-refractivity contribution in [2.24, 2.45) is 0 Å². The van der Waals surface area contributed by atoms with Crippen LogP contribution < -0.4 is 0 Å². The number of unbranched alkanes of at least 4 members (excludes halogenated alkanes) is 8. The summed E-state index contributed by atoms with van der Waals surface area (Å²) in [5, 5.41) is 17.8. The van der Waals surface area contributed by atoms with Crippen molar-refractivity contribution in [2.45, 2.75) is 96.5 Å². The molecule has 1 atom stereocenters. The lowest BCUT2D eigenvalue weighted by molar-refractivity contribution is -0.121. The van der Waals surface area contributed by atoms with Gasteiger partial charge in [-0.1, -0.05) is 63.3 Å². The molecule has 0 fully saturated rings. The zero-order valence-corrected chi connectivity index (χ0v) is 15.6. The van der Waals surface area contributed by atoms with E-state index in [0.29, 0.717) is 6.42 Å². The molecule has 0 spiro atoms. The van der Waals surface area contributed by atoms with Crippen LogP contribution in [-0.2, 0) is 4.79 Å². The van der Waals surface area contributed by atoms with Crippen LogP contribution in [-0.4, -0.2) is 28.7 Å². The molecule has 0 aliphatic carbocycles. The average molecular weight is 339 g/mol. The number of aliphatic hydroxyl groups excluding tert-OH is 2. The lowest BCUT2D eigenvalue weighted by atomic mass is 10.0. The monoisotopic (exact) mass is 338 g/mol. The van der Waals surface area contributed by atoms with Crippen molar-refractivity contribution in [3.8, 4) is 0 Å². The zero-order chi connectivity index (χ0) is 17.9. The Morgan fingerprint density at radius 1 is 0.875 bits per heavy atom. The van der Waals surface area contributed by atoms with Crippen LogP contribution in [0.1, 0.15) is 90.4 Å². The normalized spacial score (nSPS) is 13.1. The minimum absolute atomic E-state index is 0.0576. The van der Waals surface area contributed by atoms with Crippen molar-refractivity contribution in [1.29, 1.82) is 0 Å². The molecule has 0 aliphatic heterocycles. The number of Topliss-reactive ketones (excluding diaryl/α,β-unsaturated/α-hetero) is 1. The van der Waals surface area contributed by atoms with Gasteiger partial charge in [-0.2, -0.15) is 0 Å². The summed E-state index contributed by atoms with van der Waals surface area (Å²) in [5.74, 6) is 0.0576. The second-order valence-electron chi connectivity index (χ2n) is 6.56. The highest BCUT2D eigenvalue weighted by Crippen LogP contribution is 2.09. The lowest BCUT2D eigenvalue weighted by Crippen LogP contribution is -2.17. The molecule has 0 amide bonds. The molecular formula is C21H38O3. The Bertz CT molecular complexity index is 334. The first-order chi connectivity index (χ1) is 11.7. The molecule has 3 nitrogen and oxygen atoms in total. The van der Waals surface area contributed by atoms with E-state index in [4.69, 9.17) is 5.11 Å². The summed E-state index contributed by atoms with van der Waals surface area (Å²) in [4.78, 5) is 11.5. The van der Waals surface area contributed by atoms with Gasteiger partial charge in [0.15, 0.2) is 0 Å². The summed E-state index contributed by atoms with van der Waals surface area (Å²) < 4.78 is 0. The quantitative estimate of drug-likeness (QED) is 0.286. The van der Waals surface area contributed by atoms with Gasteiger partial charge in [0.1, 0.15) is 5.78 Å². The maximum atomic E-state index is 11.5. The third kappa shape index (κ3) is 17.4. The standard InChI is InChI=1S/C21H38O3/c1-2-3-4-5-6-7-8-9-10-11-12-13-14-15-16-17-20(23)18-21(24)19-22/h6-7,9-10,21-22,24H,2-5,8,11-19H2,1H3/b7-6-,10-9-/t21-/m1/s1. The van der Waals surface area contributed by atoms with Gasteiger partial charge in [-0.25, -0.2) is 0 Å². The van der Waals surface area contributed by atoms with E-state index in [1.54, 1.807) is 0 Å². The molecule has 0 aromatic carbocycles. The number of carbonyl (C=O) groups is 1. The van der Waals surface area contributed by atoms with E-state index in [0.717, 1.165) is 25.7 Å². The molecule has 0 rings (SSSR count). The molecule has 0 aromatic heterocycles. The molecule has 0 saturated heterocycles. The van der Waals surface area contributed by atoms with Gasteiger partial charge in [0, 0.05) is 12.8 Å². The van der Waals surface area contributed by atoms with Crippen molar-refractivity contribution in [1.82, 2.24) is 0 Å². The highest BCUT2D eigenvalue weighted by atomic mass is 16.3. The second kappa shape index (κ2) is 18.4. The number of aliphatic hydroxyl groups is 2. The van der Waals surface area contributed by atoms with Crippen LogP contribution in [0.25, 0.3) is 0 Å². The first kappa shape index (κ1) is 23.1. The Hall–Kier alpha value is -0.930. The number of hydrogen-bond acceptors (Lipinski definition) is 3. The number of allylic oxidation sites excluding steroid dienone is 4. The van der Waals surface area contributed by atoms with E-state index in [2.05, 4.69) is 31.2 Å². The van der Waals surface area contributed by atoms with Crippen molar-refractivity contribution in [3.05, 3.63) is 24.3 Å². The Kier molecular flexibility index (Phi) is 17.7. The predicted molar refractivity (Wildman–Crippen MR) is 102 cm³/mol. The topological polar surface area (TPSA) is 57.5 Å². The molecular weight excluding hydrogens is 300 g/mol. The fourth-order valence-electron chi connectivity index (χ4n) is 2.56. The second-order valence-corrected chi connectivity index (χ2v) is 6.56. The first-order valence-corrected chi connectivity index (χ1v) is 9.81. The molecule has 0 aromatic rings. The fraction of sp³-hybridized carbons (Fsp3) is 0.762. The summed E-state index contributed by atoms with van der Waals surface area (Å²) in [5.41, 5.74) is 0. The van der Waals surface area contributed by atoms with E-state index < -0.39 is 6.10 Å². The summed E-state index contributed by atoms with van der Waals surface area (Å²) >= 11 is 0. The van der Waals surface area contributed by atoms with Gasteiger partial charge >= 0.3 is 0 Å². The first-order valence-electron chi connectivity index (χ1n) is 9.81. The summed E-state index contributed by atoms with van der Waals surface area (Å²) in [6.45, 7) is 1.91. The van der Waals surface area contributed by atoms with Crippen LogP contribution in [0.15, 0.2) is 24.3 Å². The Morgan fingerprint density at radius 3 is 2.08 bits per heavy atom. The number of rotatable bonds is 17. The summed E-state index contributed by atoms with van der Waals surface area (Å²) in [6.07, 6.45) is 21.7. The molecule has 2 N–H and O–H groups in total. The maximum absolute atomic E-state index is 11.5. The van der Waals surface area contributed by atoms with Crippen molar-refractivity contribution >= 4 is 5.78 Å². The van der Waals surface area contributed by atoms with Crippen molar-refractivity contribution < 1.29 is 15.0 Å². The largest absolute Gasteiger partial charge is 0.394 e.